The smallest absolute Gasteiger partial charge is 0.147 e. The van der Waals surface area contributed by atoms with Crippen LogP contribution in [-0.2, 0) is 39.1 Å². The highest BCUT2D eigenvalue weighted by atomic mass is 35.5. The minimum atomic E-state index is -1.08. The minimum absolute atomic E-state index is 0.106. The van der Waals surface area contributed by atoms with Gasteiger partial charge in [0.05, 0.1) is 34.6 Å². The van der Waals surface area contributed by atoms with Crippen molar-refractivity contribution in [1.29, 1.82) is 0 Å². The highest BCUT2D eigenvalue weighted by molar-refractivity contribution is 6.76. The van der Waals surface area contributed by atoms with Gasteiger partial charge in [-0.25, -0.2) is 44.6 Å². The first-order chi connectivity index (χ1) is 45.5. The number of hydrogen-bond donors (Lipinski definition) is 2. The molecule has 2 aliphatic carbocycles. The molecule has 10 aromatic rings. The molecule has 3 unspecified atom stereocenters. The first kappa shape index (κ1) is 75.2. The minimum Gasteiger partial charge on any atom is -0.361 e. The zero-order valence-electron chi connectivity index (χ0n) is 59.8. The lowest BCUT2D eigenvalue weighted by Crippen LogP contribution is -2.25. The second kappa shape index (κ2) is 33.8. The van der Waals surface area contributed by atoms with E-state index >= 15 is 0 Å². The summed E-state index contributed by atoms with van der Waals surface area (Å²) < 4.78 is 30.8. The van der Waals surface area contributed by atoms with Crippen LogP contribution in [0.5, 0.6) is 0 Å². The monoisotopic (exact) mass is 1400 g/mol. The Kier molecular flexibility index (Phi) is 26.5. The number of halogens is 2. The quantitative estimate of drug-likeness (QED) is 0.0327. The standard InChI is InChI=1S/C19H29N5O2Si.C19H32.C15H21N5OSi.C12H18ClN3OSi.C6H4ClN3/c1-6-26-15(2)24-12-16(11-22-24)18-17-7-8-23(19(17)21-13-20-18)14-25-9-10-27(3,4)5;1-7-8-14(2)15-9-10-16(11-15)17-12-18(3,4)19(5,6)13-17;1-22(2,3)7-6-21-11-20-5-4-13-14(12-8-18-19-9-12)16-10-17-15(13)20;1-18(2,3)7-6-17-9-16-5-4-10-11(13)14-8-15-12(10)16;7-5-4-1-2-8-6(4)10-3-9-5/h7-8,11-13,15H,6,9-10,14H2,1-5H3;9-11,14-15,17H,7-8,12-13H2,1-6H3;4-5,8-10H,6-7,11H2,1-3H3,(H,18,19);4-5,8H,6-7,9H2,1-3H3;1-3H,(H,8,9,10). The molecule has 96 heavy (non-hydrogen) atoms. The highest BCUT2D eigenvalue weighted by Gasteiger charge is 2.47. The van der Waals surface area contributed by atoms with E-state index in [9.17, 15) is 0 Å². The Morgan fingerprint density at radius 1 is 0.604 bits per heavy atom. The van der Waals surface area contributed by atoms with Gasteiger partial charge >= 0.3 is 0 Å². The van der Waals surface area contributed by atoms with Crippen molar-refractivity contribution in [3.63, 3.8) is 0 Å². The number of allylic oxidation sites excluding steroid dienone is 4. The molecule has 0 aromatic carbocycles. The molecule has 0 spiro atoms. The summed E-state index contributed by atoms with van der Waals surface area (Å²) in [5.41, 5.74) is 9.61. The molecule has 3 atom stereocenters. The van der Waals surface area contributed by atoms with Crippen molar-refractivity contribution >= 4 is 91.6 Å². The van der Waals surface area contributed by atoms with Gasteiger partial charge in [0.1, 0.15) is 84.6 Å². The van der Waals surface area contributed by atoms with Gasteiger partial charge in [-0.3, -0.25) is 5.10 Å². The second-order valence-electron chi connectivity index (χ2n) is 30.1. The Morgan fingerprint density at radius 2 is 1.09 bits per heavy atom. The molecular formula is C71H104Cl2N16O4Si3. The Balaban J connectivity index is 0.000000157. The lowest BCUT2D eigenvalue weighted by Gasteiger charge is -2.34. The summed E-state index contributed by atoms with van der Waals surface area (Å²) in [5, 5.41) is 15.9. The Morgan fingerprint density at radius 3 is 1.58 bits per heavy atom. The Labute approximate surface area is 580 Å². The fraction of sp³-hybridized carbons (Fsp3) is 0.521. The molecule has 2 aliphatic rings. The summed E-state index contributed by atoms with van der Waals surface area (Å²) in [6.45, 7) is 44.2. The van der Waals surface area contributed by atoms with Gasteiger partial charge in [-0.15, -0.1) is 0 Å². The third-order valence-electron chi connectivity index (χ3n) is 18.1. The van der Waals surface area contributed by atoms with E-state index in [2.05, 4.69) is 179 Å². The van der Waals surface area contributed by atoms with E-state index in [-0.39, 0.29) is 6.23 Å². The predicted molar refractivity (Wildman–Crippen MR) is 399 cm³/mol. The van der Waals surface area contributed by atoms with E-state index in [0.29, 0.717) is 53.9 Å². The summed E-state index contributed by atoms with van der Waals surface area (Å²) in [7, 11) is -3.15. The molecule has 0 amide bonds. The number of hydrogen-bond acceptors (Lipinski definition) is 14. The van der Waals surface area contributed by atoms with Crippen molar-refractivity contribution in [2.45, 2.75) is 185 Å². The van der Waals surface area contributed by atoms with Gasteiger partial charge < -0.3 is 37.6 Å². The van der Waals surface area contributed by atoms with Crippen LogP contribution in [0.3, 0.4) is 0 Å². The molecule has 2 N–H and O–H groups in total. The molecule has 20 nitrogen and oxygen atoms in total. The second-order valence-corrected chi connectivity index (χ2v) is 47.7. The van der Waals surface area contributed by atoms with Crippen LogP contribution in [0.4, 0.5) is 0 Å². The SMILES string of the molecule is CCCC(C)C1C=CC(C2CC(C)(C)C(C)(C)C2)=C1.CCOC(C)n1cc(-c2ncnc3c2ccn3COCC[Si](C)(C)C)cn1.C[Si](C)(C)CCOCn1ccc2c(-c3cn[nH]c3)ncnc21.C[Si](C)(C)CCOCn1ccc2c(Cl)ncnc21.Clc1ncnc2[nH]ccc12. The number of aromatic nitrogens is 16. The number of nitrogens with one attached hydrogen (secondary N) is 2. The molecule has 0 radical (unpaired) electrons. The van der Waals surface area contributed by atoms with Crippen LogP contribution in [0, 0.1) is 28.6 Å². The van der Waals surface area contributed by atoms with Gasteiger partial charge in [0.2, 0.25) is 0 Å². The number of nitrogens with zero attached hydrogens (tertiary/aromatic N) is 14. The van der Waals surface area contributed by atoms with E-state index in [0.717, 1.165) is 104 Å². The maximum absolute atomic E-state index is 5.99. The molecule has 1 saturated carbocycles. The van der Waals surface area contributed by atoms with Gasteiger partial charge in [-0.1, -0.05) is 155 Å². The molecular weight excluding hydrogens is 1300 g/mol. The normalized spacial score (nSPS) is 16.0. The zero-order chi connectivity index (χ0) is 69.4. The van der Waals surface area contributed by atoms with Crippen LogP contribution in [0.1, 0.15) is 87.3 Å². The van der Waals surface area contributed by atoms with E-state index < -0.39 is 24.2 Å². The molecule has 0 aliphatic heterocycles. The fourth-order valence-corrected chi connectivity index (χ4v) is 14.2. The first-order valence-electron chi connectivity index (χ1n) is 33.8. The number of ether oxygens (including phenoxy) is 4. The van der Waals surface area contributed by atoms with Gasteiger partial charge in [0, 0.05) is 110 Å². The number of rotatable bonds is 24. The molecule has 10 aromatic heterocycles. The fourth-order valence-electron chi connectivity index (χ4n) is 11.5. The van der Waals surface area contributed by atoms with Crippen LogP contribution in [-0.4, -0.2) is 129 Å². The zero-order valence-corrected chi connectivity index (χ0v) is 64.3. The maximum atomic E-state index is 5.99. The van der Waals surface area contributed by atoms with Crippen LogP contribution >= 0.6 is 23.2 Å². The van der Waals surface area contributed by atoms with Crippen LogP contribution in [0.2, 0.25) is 87.4 Å². The molecule has 25 heteroatoms. The van der Waals surface area contributed by atoms with E-state index in [1.165, 1.54) is 50.4 Å². The van der Waals surface area contributed by atoms with Crippen LogP contribution in [0.15, 0.2) is 123 Å². The Hall–Kier alpha value is -6.55. The average Bonchev–Trinajstić information content (AvgIpc) is 1.63. The third-order valence-corrected chi connectivity index (χ3v) is 23.9. The lowest BCUT2D eigenvalue weighted by molar-refractivity contribution is 0.0160. The van der Waals surface area contributed by atoms with Crippen molar-refractivity contribution in [3.05, 3.63) is 133 Å². The van der Waals surface area contributed by atoms with Gasteiger partial charge in [0.15, 0.2) is 0 Å². The van der Waals surface area contributed by atoms with Gasteiger partial charge in [-0.2, -0.15) is 10.2 Å². The van der Waals surface area contributed by atoms with E-state index in [1.54, 1.807) is 30.6 Å². The van der Waals surface area contributed by atoms with E-state index in [1.807, 2.05) is 93.7 Å². The number of H-pyrrole nitrogens is 2. The lowest BCUT2D eigenvalue weighted by atomic mass is 9.71. The van der Waals surface area contributed by atoms with Crippen molar-refractivity contribution in [2.75, 3.05) is 26.4 Å². The first-order valence-corrected chi connectivity index (χ1v) is 45.7. The molecule has 1 fully saturated rings. The van der Waals surface area contributed by atoms with Crippen molar-refractivity contribution < 1.29 is 18.9 Å². The summed E-state index contributed by atoms with van der Waals surface area (Å²) in [5.74, 6) is 2.29. The third kappa shape index (κ3) is 21.0. The Bertz CT molecular complexity index is 4080. The van der Waals surface area contributed by atoms with Crippen LogP contribution in [0.25, 0.3) is 66.6 Å². The summed E-state index contributed by atoms with van der Waals surface area (Å²) in [6.07, 6.45) is 33.9. The molecule has 518 valence electrons. The molecule has 0 saturated heterocycles. The summed E-state index contributed by atoms with van der Waals surface area (Å²) >= 11 is 11.7. The number of aromatic amines is 2. The molecule has 12 rings (SSSR count). The topological polar surface area (TPSA) is 217 Å². The highest BCUT2D eigenvalue weighted by Crippen LogP contribution is 2.57. The summed E-state index contributed by atoms with van der Waals surface area (Å²) in [6, 6.07) is 11.3. The van der Waals surface area contributed by atoms with Crippen LogP contribution < -0.4 is 0 Å². The predicted octanol–water partition coefficient (Wildman–Crippen LogP) is 18.3. The average molecular weight is 1400 g/mol. The van der Waals surface area contributed by atoms with Gasteiger partial charge in [-0.05, 0) is 103 Å². The van der Waals surface area contributed by atoms with Crippen molar-refractivity contribution in [3.8, 4) is 22.5 Å². The maximum Gasteiger partial charge on any atom is 0.147 e. The largest absolute Gasteiger partial charge is 0.361 e. The molecule has 0 bridgehead atoms. The van der Waals surface area contributed by atoms with E-state index in [4.69, 9.17) is 42.1 Å². The molecule has 10 heterocycles. The van der Waals surface area contributed by atoms with Crippen molar-refractivity contribution in [1.82, 2.24) is 78.5 Å². The van der Waals surface area contributed by atoms with Gasteiger partial charge in [0.25, 0.3) is 0 Å². The number of fused-ring (bicyclic) bond motifs is 4. The van der Waals surface area contributed by atoms with Crippen molar-refractivity contribution in [2.24, 2.45) is 28.6 Å². The summed E-state index contributed by atoms with van der Waals surface area (Å²) in [4.78, 5) is 36.6.